The molecule has 2 aliphatic rings. The van der Waals surface area contributed by atoms with Gasteiger partial charge in [-0.05, 0) is 5.39 Å². The molecule has 1 aliphatic heterocycles. The van der Waals surface area contributed by atoms with E-state index in [0.29, 0.717) is 17.1 Å². The molecule has 1 atom stereocenters. The van der Waals surface area contributed by atoms with E-state index in [-0.39, 0.29) is 11.7 Å². The summed E-state index contributed by atoms with van der Waals surface area (Å²) in [6, 6.07) is 11.8. The molecule has 4 rings (SSSR count). The average Bonchev–Trinajstić information content (AvgIpc) is 2.84. The quantitative estimate of drug-likeness (QED) is 0.788. The van der Waals surface area contributed by atoms with E-state index >= 15 is 0 Å². The molecule has 3 heteroatoms. The fraction of sp³-hybridized carbons (Fsp3) is 0.278. The number of ether oxygens (including phenoxy) is 2. The van der Waals surface area contributed by atoms with Gasteiger partial charge in [-0.1, -0.05) is 50.2 Å². The van der Waals surface area contributed by atoms with Crippen LogP contribution in [0.3, 0.4) is 0 Å². The largest absolute Gasteiger partial charge is 0.448 e. The van der Waals surface area contributed by atoms with Crippen molar-refractivity contribution < 1.29 is 14.3 Å². The highest BCUT2D eigenvalue weighted by atomic mass is 16.7. The van der Waals surface area contributed by atoms with Crippen LogP contribution in [-0.2, 0) is 9.47 Å². The standard InChI is InChI=1S/C18H16O3/c1-10(2)18(3)20-16-13-9-5-7-11-6-4-8-12(14(11)13)15(19)17(16)21-18/h4-10H,1-3H3. The Hall–Kier alpha value is -2.29. The summed E-state index contributed by atoms with van der Waals surface area (Å²) in [7, 11) is 0. The van der Waals surface area contributed by atoms with Crippen LogP contribution in [0.4, 0.5) is 0 Å². The summed E-state index contributed by atoms with van der Waals surface area (Å²) >= 11 is 0. The molecular weight excluding hydrogens is 264 g/mol. The third-order valence-electron chi connectivity index (χ3n) is 4.46. The van der Waals surface area contributed by atoms with E-state index in [4.69, 9.17) is 9.47 Å². The second-order valence-electron chi connectivity index (χ2n) is 6.07. The molecule has 1 heterocycles. The van der Waals surface area contributed by atoms with Gasteiger partial charge in [0.05, 0.1) is 0 Å². The summed E-state index contributed by atoms with van der Waals surface area (Å²) < 4.78 is 12.0. The molecular formula is C18H16O3. The molecule has 21 heavy (non-hydrogen) atoms. The van der Waals surface area contributed by atoms with Crippen molar-refractivity contribution in [2.45, 2.75) is 26.6 Å². The van der Waals surface area contributed by atoms with E-state index in [0.717, 1.165) is 16.3 Å². The molecule has 0 radical (unpaired) electrons. The predicted molar refractivity (Wildman–Crippen MR) is 80.6 cm³/mol. The normalized spacial score (nSPS) is 23.3. The predicted octanol–water partition coefficient (Wildman–Crippen LogP) is 4.12. The van der Waals surface area contributed by atoms with Crippen molar-refractivity contribution in [3.05, 3.63) is 53.3 Å². The number of rotatable bonds is 1. The lowest BCUT2D eigenvalue weighted by atomic mass is 9.90. The molecule has 0 saturated heterocycles. The Kier molecular flexibility index (Phi) is 2.30. The Morgan fingerprint density at radius 2 is 1.57 bits per heavy atom. The highest BCUT2D eigenvalue weighted by molar-refractivity contribution is 6.23. The Morgan fingerprint density at radius 1 is 0.952 bits per heavy atom. The van der Waals surface area contributed by atoms with Gasteiger partial charge in [-0.15, -0.1) is 0 Å². The average molecular weight is 280 g/mol. The Labute approximate surface area is 123 Å². The van der Waals surface area contributed by atoms with Crippen LogP contribution >= 0.6 is 0 Å². The maximum atomic E-state index is 12.7. The zero-order valence-electron chi connectivity index (χ0n) is 12.3. The third kappa shape index (κ3) is 1.52. The second kappa shape index (κ2) is 3.88. The lowest BCUT2D eigenvalue weighted by Crippen LogP contribution is -2.33. The summed E-state index contributed by atoms with van der Waals surface area (Å²) in [5.41, 5.74) is 1.64. The summed E-state index contributed by atoms with van der Waals surface area (Å²) in [6.07, 6.45) is 0. The monoisotopic (exact) mass is 280 g/mol. The van der Waals surface area contributed by atoms with Gasteiger partial charge in [0.25, 0.3) is 5.79 Å². The number of carbonyl (C=O) groups excluding carboxylic acids is 1. The van der Waals surface area contributed by atoms with E-state index < -0.39 is 5.79 Å². The molecule has 0 N–H and O–H groups in total. The Bertz CT molecular complexity index is 811. The van der Waals surface area contributed by atoms with Crippen molar-refractivity contribution in [1.82, 2.24) is 0 Å². The molecule has 2 aromatic carbocycles. The van der Waals surface area contributed by atoms with Gasteiger partial charge >= 0.3 is 0 Å². The van der Waals surface area contributed by atoms with Crippen molar-refractivity contribution in [3.8, 4) is 0 Å². The first kappa shape index (κ1) is 12.5. The highest BCUT2D eigenvalue weighted by Crippen LogP contribution is 2.46. The molecule has 0 fully saturated rings. The first-order chi connectivity index (χ1) is 10.0. The lowest BCUT2D eigenvalue weighted by Gasteiger charge is -2.28. The number of allylic oxidation sites excluding steroid dienone is 1. The van der Waals surface area contributed by atoms with Crippen molar-refractivity contribution in [1.29, 1.82) is 0 Å². The van der Waals surface area contributed by atoms with Gasteiger partial charge in [0, 0.05) is 29.4 Å². The SMILES string of the molecule is CC(C)C1(C)OC2=C(O1)c1cccc3cccc(c13)C2=O. The van der Waals surface area contributed by atoms with Gasteiger partial charge in [0.1, 0.15) is 0 Å². The minimum atomic E-state index is -0.787. The highest BCUT2D eigenvalue weighted by Gasteiger charge is 2.46. The van der Waals surface area contributed by atoms with Crippen molar-refractivity contribution in [2.24, 2.45) is 5.92 Å². The molecule has 0 bridgehead atoms. The topological polar surface area (TPSA) is 35.5 Å². The molecule has 3 nitrogen and oxygen atoms in total. The van der Waals surface area contributed by atoms with Crippen LogP contribution in [0.1, 0.15) is 36.7 Å². The van der Waals surface area contributed by atoms with Crippen molar-refractivity contribution >= 4 is 22.3 Å². The van der Waals surface area contributed by atoms with E-state index in [1.54, 1.807) is 0 Å². The maximum Gasteiger partial charge on any atom is 0.251 e. The molecule has 2 aromatic rings. The van der Waals surface area contributed by atoms with E-state index in [1.807, 2.05) is 57.2 Å². The van der Waals surface area contributed by atoms with Crippen LogP contribution in [0.5, 0.6) is 0 Å². The fourth-order valence-electron chi connectivity index (χ4n) is 2.92. The first-order valence-corrected chi connectivity index (χ1v) is 7.20. The molecule has 106 valence electrons. The lowest BCUT2D eigenvalue weighted by molar-refractivity contribution is -0.156. The van der Waals surface area contributed by atoms with E-state index in [1.165, 1.54) is 0 Å². The molecule has 0 saturated carbocycles. The van der Waals surface area contributed by atoms with Gasteiger partial charge in [0.2, 0.25) is 11.5 Å². The minimum absolute atomic E-state index is 0.0846. The zero-order chi connectivity index (χ0) is 14.8. The van der Waals surface area contributed by atoms with Crippen molar-refractivity contribution in [3.63, 3.8) is 0 Å². The molecule has 0 spiro atoms. The number of benzene rings is 2. The first-order valence-electron chi connectivity index (χ1n) is 7.20. The summed E-state index contributed by atoms with van der Waals surface area (Å²) in [5, 5.41) is 2.01. The van der Waals surface area contributed by atoms with Gasteiger partial charge in [0.15, 0.2) is 5.76 Å². The van der Waals surface area contributed by atoms with Gasteiger partial charge in [-0.2, -0.15) is 0 Å². The van der Waals surface area contributed by atoms with Crippen LogP contribution in [-0.4, -0.2) is 11.6 Å². The van der Waals surface area contributed by atoms with Crippen LogP contribution in [0.2, 0.25) is 0 Å². The van der Waals surface area contributed by atoms with Gasteiger partial charge in [-0.3, -0.25) is 4.79 Å². The number of ketones is 1. The van der Waals surface area contributed by atoms with Gasteiger partial charge in [-0.25, -0.2) is 0 Å². The third-order valence-corrected chi connectivity index (χ3v) is 4.46. The molecule has 0 aromatic heterocycles. The zero-order valence-corrected chi connectivity index (χ0v) is 12.3. The number of Topliss-reactive ketones (excluding diaryl/α,β-unsaturated/α-hetero) is 1. The second-order valence-corrected chi connectivity index (χ2v) is 6.07. The smallest absolute Gasteiger partial charge is 0.251 e. The van der Waals surface area contributed by atoms with Crippen LogP contribution in [0, 0.1) is 5.92 Å². The summed E-state index contributed by atoms with van der Waals surface area (Å²) in [4.78, 5) is 12.7. The minimum Gasteiger partial charge on any atom is -0.448 e. The van der Waals surface area contributed by atoms with Crippen molar-refractivity contribution in [2.75, 3.05) is 0 Å². The Balaban J connectivity index is 1.99. The Morgan fingerprint density at radius 3 is 2.24 bits per heavy atom. The van der Waals surface area contributed by atoms with Gasteiger partial charge < -0.3 is 9.47 Å². The summed E-state index contributed by atoms with van der Waals surface area (Å²) in [6.45, 7) is 5.93. The number of hydrogen-bond donors (Lipinski definition) is 0. The van der Waals surface area contributed by atoms with E-state index in [9.17, 15) is 4.79 Å². The van der Waals surface area contributed by atoms with Crippen LogP contribution < -0.4 is 0 Å². The maximum absolute atomic E-state index is 12.7. The van der Waals surface area contributed by atoms with Crippen LogP contribution in [0.15, 0.2) is 42.2 Å². The molecule has 0 amide bonds. The summed E-state index contributed by atoms with van der Waals surface area (Å²) in [5.74, 6) is 0.194. The molecule has 1 unspecified atom stereocenters. The molecule has 1 aliphatic carbocycles. The fourth-order valence-corrected chi connectivity index (χ4v) is 2.92. The number of hydrogen-bond acceptors (Lipinski definition) is 3. The van der Waals surface area contributed by atoms with E-state index in [2.05, 4.69) is 0 Å². The number of fused-ring (bicyclic) bond motifs is 1. The number of carbonyl (C=O) groups is 1. The van der Waals surface area contributed by atoms with Crippen LogP contribution in [0.25, 0.3) is 16.5 Å².